The first-order valence-corrected chi connectivity index (χ1v) is 18.3. The van der Waals surface area contributed by atoms with E-state index in [9.17, 15) is 62.3 Å². The molecule has 0 aliphatic carbocycles. The van der Waals surface area contributed by atoms with Crippen molar-refractivity contribution in [2.45, 2.75) is 71.0 Å². The van der Waals surface area contributed by atoms with Crippen molar-refractivity contribution in [3.63, 3.8) is 0 Å². The van der Waals surface area contributed by atoms with E-state index in [0.29, 0.717) is 15.8 Å². The maximum absolute atomic E-state index is 13.6. The Kier molecular flexibility index (Phi) is 24.1. The summed E-state index contributed by atoms with van der Waals surface area (Å²) in [6.07, 6.45) is -15.1. The van der Waals surface area contributed by atoms with Gasteiger partial charge in [-0.15, -0.1) is 0 Å². The maximum Gasteiger partial charge on any atom is 1.00 e. The van der Waals surface area contributed by atoms with Crippen LogP contribution in [0.1, 0.15) is 37.0 Å². The van der Waals surface area contributed by atoms with Crippen molar-refractivity contribution < 1.29 is 207 Å². The van der Waals surface area contributed by atoms with Gasteiger partial charge in [0.15, 0.2) is 11.4 Å². The van der Waals surface area contributed by atoms with Crippen molar-refractivity contribution in [2.75, 3.05) is 4.43 Å². The summed E-state index contributed by atoms with van der Waals surface area (Å²) in [5, 5.41) is 32.1. The molecule has 342 valence electrons. The minimum atomic E-state index is -5.02. The third-order valence-corrected chi connectivity index (χ3v) is 8.13. The van der Waals surface area contributed by atoms with Gasteiger partial charge in [-0.1, -0.05) is 22.6 Å². The number of fused-ring (bicyclic) bond motifs is 2. The van der Waals surface area contributed by atoms with Crippen molar-refractivity contribution in [1.82, 2.24) is 47.9 Å². The molecule has 6 heterocycles. The number of hydrogen-bond donors (Lipinski definition) is 1. The van der Waals surface area contributed by atoms with Gasteiger partial charge in [-0.3, -0.25) is 32.5 Å². The molecule has 0 atom stereocenters. The Morgan fingerprint density at radius 3 is 1.58 bits per heavy atom. The molecule has 0 fully saturated rings. The molecule has 0 aliphatic rings. The van der Waals surface area contributed by atoms with Gasteiger partial charge in [-0.05, 0) is 13.8 Å². The standard InChI is InChI=1S/C16H12F6N6O.C14H11F6N5O.C2H2IN.CH2O3.2Cs.H/c1-9-7-28-13(29)11(10-6-24-26(8-10)4-2-15(17,18)19)12(16(20,21)22)25-14(28)27(9)5-3-23;1-7-5-25-11(26)9(10(14(18,19)20)23-12(25)22-7)8-4-21-24(6-8)3-2-13(15,16)17;3-1-2-4;2-1-4-3;;;/h6-8H,2,4-5H2,1H3;4-6H,2-3H2,1H3,(H,22,23);1H2;1,3H;;;/q;;;;2*+1;-1/p-1. The minimum absolute atomic E-state index is 0. The van der Waals surface area contributed by atoms with Crippen LogP contribution in [0.3, 0.4) is 0 Å². The number of carbonyl (C=O) groups is 1. The summed E-state index contributed by atoms with van der Waals surface area (Å²) in [5.74, 6) is -0.650. The maximum atomic E-state index is 13.6. The van der Waals surface area contributed by atoms with Crippen molar-refractivity contribution in [1.29, 1.82) is 10.5 Å². The molecule has 0 aromatic carbocycles. The second-order valence-corrected chi connectivity index (χ2v) is 13.1. The second kappa shape index (κ2) is 25.9. The Morgan fingerprint density at radius 2 is 1.20 bits per heavy atom. The van der Waals surface area contributed by atoms with E-state index < -0.39 is 84.3 Å². The first kappa shape index (κ1) is 60.7. The summed E-state index contributed by atoms with van der Waals surface area (Å²) < 4.78 is 160. The summed E-state index contributed by atoms with van der Waals surface area (Å²) in [6, 6.07) is 3.69. The van der Waals surface area contributed by atoms with E-state index in [1.807, 2.05) is 28.7 Å². The number of H-pyrrole nitrogens is 1. The Hall–Kier alpha value is -2.34. The molecule has 0 unspecified atom stereocenters. The topological polar surface area (TPSA) is 222 Å². The molecule has 0 saturated heterocycles. The van der Waals surface area contributed by atoms with Crippen molar-refractivity contribution in [2.24, 2.45) is 0 Å². The molecule has 6 aromatic rings. The van der Waals surface area contributed by atoms with E-state index in [0.717, 1.165) is 47.5 Å². The van der Waals surface area contributed by atoms with E-state index in [1.165, 1.54) is 26.2 Å². The molecule has 0 amide bonds. The largest absolute Gasteiger partial charge is 1.00 e. The van der Waals surface area contributed by atoms with E-state index in [2.05, 4.69) is 30.0 Å². The second-order valence-electron chi connectivity index (χ2n) is 12.3. The third-order valence-electron chi connectivity index (χ3n) is 7.78. The Morgan fingerprint density at radius 1 is 0.769 bits per heavy atom. The molecule has 0 radical (unpaired) electrons. The van der Waals surface area contributed by atoms with Crippen LogP contribution in [0, 0.1) is 36.5 Å². The number of aromatic nitrogens is 10. The molecule has 17 nitrogen and oxygen atoms in total. The van der Waals surface area contributed by atoms with Gasteiger partial charge >= 0.3 is 162 Å². The predicted octanol–water partition coefficient (Wildman–Crippen LogP) is -0.171. The number of carbonyl (C=O) groups excluding carboxylic acids is 1. The zero-order valence-electron chi connectivity index (χ0n) is 34.7. The van der Waals surface area contributed by atoms with E-state index in [1.54, 1.807) is 6.07 Å². The number of imidazole rings is 2. The number of aryl methyl sites for hydroxylation is 4. The zero-order chi connectivity index (χ0) is 47.7. The van der Waals surface area contributed by atoms with Crippen LogP contribution in [0.2, 0.25) is 0 Å². The normalized spacial score (nSPS) is 11.4. The third kappa shape index (κ3) is 17.3. The zero-order valence-corrected chi connectivity index (χ0v) is 48.4. The number of nitrogens with zero attached hydrogens (tertiary/aromatic N) is 11. The molecule has 0 aliphatic heterocycles. The number of alkyl halides is 13. The smallest absolute Gasteiger partial charge is 1.00 e. The number of nitriles is 2. The number of hydrogen-bond acceptors (Lipinski definition) is 11. The van der Waals surface area contributed by atoms with Crippen LogP contribution in [0.5, 0.6) is 0 Å². The van der Waals surface area contributed by atoms with Gasteiger partial charge < -0.3 is 21.1 Å². The molecular formula is C33H27Cs2F12IN12O5. The fourth-order valence-electron chi connectivity index (χ4n) is 5.30. The van der Waals surface area contributed by atoms with Crippen molar-refractivity contribution in [3.05, 3.63) is 80.7 Å². The first-order valence-electron chi connectivity index (χ1n) is 16.8. The fourth-order valence-corrected chi connectivity index (χ4v) is 5.30. The van der Waals surface area contributed by atoms with Crippen LogP contribution in [0.25, 0.3) is 33.8 Å². The summed E-state index contributed by atoms with van der Waals surface area (Å²) in [5.41, 5.74) is -6.42. The van der Waals surface area contributed by atoms with Crippen LogP contribution in [-0.2, 0) is 41.7 Å². The van der Waals surface area contributed by atoms with Gasteiger partial charge in [0.2, 0.25) is 11.6 Å². The molecule has 0 saturated carbocycles. The van der Waals surface area contributed by atoms with E-state index in [-0.39, 0.29) is 175 Å². The molecule has 32 heteroatoms. The molecule has 6 rings (SSSR count). The average molecular weight is 1290 g/mol. The quantitative estimate of drug-likeness (QED) is 0.0527. The summed E-state index contributed by atoms with van der Waals surface area (Å²) in [4.78, 5) is 46.1. The minimum Gasteiger partial charge on any atom is -1.00 e. The van der Waals surface area contributed by atoms with Gasteiger partial charge in [0.05, 0.1) is 52.9 Å². The number of nitrogens with one attached hydrogen (secondary N) is 1. The van der Waals surface area contributed by atoms with E-state index in [4.69, 9.17) is 20.6 Å². The summed E-state index contributed by atoms with van der Waals surface area (Å²) >= 11 is 1.99. The molecule has 0 bridgehead atoms. The molecule has 6 aromatic heterocycles. The summed E-state index contributed by atoms with van der Waals surface area (Å²) in [7, 11) is 0. The average Bonchev–Trinajstić information content (AvgIpc) is 3.99. The van der Waals surface area contributed by atoms with Crippen LogP contribution in [0.15, 0.2) is 46.8 Å². The summed E-state index contributed by atoms with van der Waals surface area (Å²) in [6.45, 7) is 1.34. The van der Waals surface area contributed by atoms with Crippen LogP contribution >= 0.6 is 22.6 Å². The molecule has 65 heavy (non-hydrogen) atoms. The van der Waals surface area contributed by atoms with Crippen LogP contribution in [-0.4, -0.2) is 71.1 Å². The number of rotatable bonds is 8. The van der Waals surface area contributed by atoms with Gasteiger partial charge in [0, 0.05) is 60.4 Å². The van der Waals surface area contributed by atoms with Crippen LogP contribution < -0.4 is 154 Å². The molecule has 0 spiro atoms. The Balaban J connectivity index is 0.00000106. The molecular weight excluding hydrogens is 1270 g/mol. The Bertz CT molecular complexity index is 2750. The number of aromatic amines is 1. The SMILES string of the molecule is Cc1cn2c(=O)c(-c3cnn(CCC(F)(F)F)c3)c(C(F)(F)F)nc2[nH]1.Cc1cn2c(=O)c(-c3cnn(CCC(F)(F)F)c3)c(C(F)(F)F)nc2n1CC#N.N#CCI.O=CO[O-].[Cs+].[Cs+].[H-]. The molecule has 1 N–H and O–H groups in total. The monoisotopic (exact) mass is 1290 g/mol. The Labute approximate surface area is 488 Å². The van der Waals surface area contributed by atoms with Crippen molar-refractivity contribution in [3.8, 4) is 34.4 Å². The van der Waals surface area contributed by atoms with Crippen LogP contribution in [0.4, 0.5) is 52.7 Å². The van der Waals surface area contributed by atoms with Gasteiger partial charge in [0.1, 0.15) is 6.54 Å². The van der Waals surface area contributed by atoms with E-state index >= 15 is 0 Å². The number of halogens is 13. The predicted molar refractivity (Wildman–Crippen MR) is 197 cm³/mol. The van der Waals surface area contributed by atoms with Crippen molar-refractivity contribution >= 4 is 40.6 Å². The van der Waals surface area contributed by atoms with Gasteiger partial charge in [0.25, 0.3) is 17.6 Å². The van der Waals surface area contributed by atoms with Gasteiger partial charge in [-0.2, -0.15) is 73.4 Å². The fraction of sp³-hybridized carbons (Fsp3) is 0.364. The van der Waals surface area contributed by atoms with Gasteiger partial charge in [-0.25, -0.2) is 9.97 Å². The first-order chi connectivity index (χ1) is 29.2.